The molecule has 0 atom stereocenters. The minimum atomic E-state index is -1.17. The number of carbonyl (C=O) groups excluding carboxylic acids is 1. The van der Waals surface area contributed by atoms with Gasteiger partial charge in [0.25, 0.3) is 0 Å². The van der Waals surface area contributed by atoms with Crippen LogP contribution in [0.1, 0.15) is 33.6 Å². The predicted octanol–water partition coefficient (Wildman–Crippen LogP) is 2.08. The lowest BCUT2D eigenvalue weighted by Gasteiger charge is -2.45. The van der Waals surface area contributed by atoms with Gasteiger partial charge in [-0.15, -0.1) is 0 Å². The zero-order chi connectivity index (χ0) is 9.41. The smallest absolute Gasteiger partial charge is 0.312 e. The Morgan fingerprint density at radius 3 is 2.33 bits per heavy atom. The van der Waals surface area contributed by atoms with Crippen LogP contribution in [0.25, 0.3) is 0 Å². The molecule has 1 fully saturated rings. The Hall–Kier alpha value is -0.600. The molecule has 0 aromatic rings. The average Bonchev–Trinajstić information content (AvgIpc) is 1.83. The molecule has 1 aliphatic carbocycles. The lowest BCUT2D eigenvalue weighted by Crippen LogP contribution is -2.50. The van der Waals surface area contributed by atoms with Gasteiger partial charge in [-0.25, -0.2) is 4.39 Å². The first-order chi connectivity index (χ1) is 5.40. The lowest BCUT2D eigenvalue weighted by molar-refractivity contribution is -0.170. The van der Waals surface area contributed by atoms with Crippen LogP contribution in [0, 0.1) is 5.41 Å². The van der Waals surface area contributed by atoms with Crippen LogP contribution in [-0.4, -0.2) is 18.2 Å². The van der Waals surface area contributed by atoms with Gasteiger partial charge in [-0.05, 0) is 33.6 Å². The third-order valence-electron chi connectivity index (χ3n) is 2.29. The molecule has 0 unspecified atom stereocenters. The zero-order valence-corrected chi connectivity index (χ0v) is 7.82. The summed E-state index contributed by atoms with van der Waals surface area (Å²) in [5.74, 6) is -0.264. The van der Waals surface area contributed by atoms with Crippen LogP contribution in [0.2, 0.25) is 0 Å². The maximum Gasteiger partial charge on any atom is 0.312 e. The fraction of sp³-hybridized carbons (Fsp3) is 0.889. The van der Waals surface area contributed by atoms with Gasteiger partial charge in [0.2, 0.25) is 0 Å². The van der Waals surface area contributed by atoms with Crippen LogP contribution in [0.4, 0.5) is 4.39 Å². The molecule has 1 saturated carbocycles. The molecule has 0 aliphatic heterocycles. The molecule has 0 bridgehead atoms. The van der Waals surface area contributed by atoms with Crippen molar-refractivity contribution in [3.63, 3.8) is 0 Å². The van der Waals surface area contributed by atoms with E-state index in [1.165, 1.54) is 6.92 Å². The van der Waals surface area contributed by atoms with Crippen LogP contribution in [0.3, 0.4) is 0 Å². The Morgan fingerprint density at radius 1 is 1.50 bits per heavy atom. The molecule has 1 aliphatic rings. The van der Waals surface area contributed by atoms with Gasteiger partial charge in [0, 0.05) is 0 Å². The largest absolute Gasteiger partial charge is 0.466 e. The first-order valence-electron chi connectivity index (χ1n) is 4.26. The van der Waals surface area contributed by atoms with Crippen molar-refractivity contribution in [2.75, 3.05) is 6.61 Å². The van der Waals surface area contributed by atoms with Gasteiger partial charge >= 0.3 is 5.97 Å². The standard InChI is InChI=1S/C9H15FO2/c1-4-12-7(11)8(2)5-9(3,10)6-8/h4-6H2,1-3H3. The molecule has 3 heteroatoms. The van der Waals surface area contributed by atoms with E-state index in [-0.39, 0.29) is 5.97 Å². The van der Waals surface area contributed by atoms with Gasteiger partial charge in [-0.1, -0.05) is 0 Å². The number of halogens is 1. The lowest BCUT2D eigenvalue weighted by atomic mass is 9.62. The van der Waals surface area contributed by atoms with Gasteiger partial charge in [-0.3, -0.25) is 4.79 Å². The molecule has 2 nitrogen and oxygen atoms in total. The molecular formula is C9H15FO2. The average molecular weight is 174 g/mol. The number of ether oxygens (including phenoxy) is 1. The number of hydrogen-bond donors (Lipinski definition) is 0. The highest BCUT2D eigenvalue weighted by Crippen LogP contribution is 2.51. The van der Waals surface area contributed by atoms with Crippen molar-refractivity contribution in [2.24, 2.45) is 5.41 Å². The maximum atomic E-state index is 13.1. The maximum absolute atomic E-state index is 13.1. The molecule has 12 heavy (non-hydrogen) atoms. The van der Waals surface area contributed by atoms with Crippen molar-refractivity contribution in [2.45, 2.75) is 39.3 Å². The monoisotopic (exact) mass is 174 g/mol. The van der Waals surface area contributed by atoms with Crippen molar-refractivity contribution in [1.82, 2.24) is 0 Å². The van der Waals surface area contributed by atoms with Crippen LogP contribution in [-0.2, 0) is 9.53 Å². The van der Waals surface area contributed by atoms with Crippen LogP contribution in [0.15, 0.2) is 0 Å². The zero-order valence-electron chi connectivity index (χ0n) is 7.82. The Labute approximate surface area is 72.1 Å². The summed E-state index contributed by atoms with van der Waals surface area (Å²) in [5.41, 5.74) is -1.74. The first-order valence-corrected chi connectivity index (χ1v) is 4.26. The van der Waals surface area contributed by atoms with Gasteiger partial charge in [0.1, 0.15) is 5.67 Å². The van der Waals surface area contributed by atoms with E-state index in [9.17, 15) is 9.18 Å². The van der Waals surface area contributed by atoms with E-state index in [0.29, 0.717) is 19.4 Å². The van der Waals surface area contributed by atoms with Gasteiger partial charge < -0.3 is 4.74 Å². The van der Waals surface area contributed by atoms with Gasteiger partial charge in [0.15, 0.2) is 0 Å². The van der Waals surface area contributed by atoms with Crippen molar-refractivity contribution >= 4 is 5.97 Å². The summed E-state index contributed by atoms with van der Waals surface area (Å²) >= 11 is 0. The highest BCUT2D eigenvalue weighted by molar-refractivity contribution is 5.78. The summed E-state index contributed by atoms with van der Waals surface area (Å²) < 4.78 is 17.9. The Kier molecular flexibility index (Phi) is 2.15. The molecule has 0 spiro atoms. The summed E-state index contributed by atoms with van der Waals surface area (Å²) in [6.45, 7) is 5.41. The molecule has 0 aromatic heterocycles. The molecule has 0 amide bonds. The summed E-state index contributed by atoms with van der Waals surface area (Å²) in [7, 11) is 0. The highest BCUT2D eigenvalue weighted by Gasteiger charge is 2.54. The fourth-order valence-corrected chi connectivity index (χ4v) is 2.02. The summed E-state index contributed by atoms with van der Waals surface area (Å²) in [6.07, 6.45) is 0.581. The van der Waals surface area contributed by atoms with Gasteiger partial charge in [-0.2, -0.15) is 0 Å². The summed E-state index contributed by atoms with van der Waals surface area (Å²) in [4.78, 5) is 11.2. The van der Waals surface area contributed by atoms with E-state index in [0.717, 1.165) is 0 Å². The van der Waals surface area contributed by atoms with Crippen molar-refractivity contribution < 1.29 is 13.9 Å². The molecule has 0 radical (unpaired) electrons. The summed E-state index contributed by atoms with van der Waals surface area (Å²) in [5, 5.41) is 0. The Morgan fingerprint density at radius 2 is 2.00 bits per heavy atom. The van der Waals surface area contributed by atoms with Crippen LogP contribution in [0.5, 0.6) is 0 Å². The van der Waals surface area contributed by atoms with Crippen LogP contribution < -0.4 is 0 Å². The summed E-state index contributed by atoms with van der Waals surface area (Å²) in [6, 6.07) is 0. The van der Waals surface area contributed by atoms with E-state index in [2.05, 4.69) is 0 Å². The van der Waals surface area contributed by atoms with E-state index < -0.39 is 11.1 Å². The third-order valence-corrected chi connectivity index (χ3v) is 2.29. The SMILES string of the molecule is CCOC(=O)C1(C)CC(C)(F)C1. The third kappa shape index (κ3) is 1.59. The van der Waals surface area contributed by atoms with Crippen molar-refractivity contribution in [1.29, 1.82) is 0 Å². The Bertz CT molecular complexity index is 191. The quantitative estimate of drug-likeness (QED) is 0.599. The fourth-order valence-electron chi connectivity index (χ4n) is 2.02. The van der Waals surface area contributed by atoms with E-state index >= 15 is 0 Å². The normalized spacial score (nSPS) is 40.3. The number of esters is 1. The molecule has 0 saturated heterocycles. The first kappa shape index (κ1) is 9.49. The predicted molar refractivity (Wildman–Crippen MR) is 43.5 cm³/mol. The van der Waals surface area contributed by atoms with E-state index in [1.54, 1.807) is 13.8 Å². The second kappa shape index (κ2) is 2.71. The highest BCUT2D eigenvalue weighted by atomic mass is 19.1. The molecule has 0 aromatic carbocycles. The number of rotatable bonds is 2. The molecule has 0 N–H and O–H groups in total. The topological polar surface area (TPSA) is 26.3 Å². The van der Waals surface area contributed by atoms with Gasteiger partial charge in [0.05, 0.1) is 12.0 Å². The second-order valence-electron chi connectivity index (χ2n) is 4.05. The van der Waals surface area contributed by atoms with E-state index in [4.69, 9.17) is 4.74 Å². The second-order valence-corrected chi connectivity index (χ2v) is 4.05. The number of hydrogen-bond acceptors (Lipinski definition) is 2. The minimum absolute atomic E-state index is 0.264. The van der Waals surface area contributed by atoms with Crippen molar-refractivity contribution in [3.8, 4) is 0 Å². The molecule has 0 heterocycles. The van der Waals surface area contributed by atoms with Crippen molar-refractivity contribution in [3.05, 3.63) is 0 Å². The van der Waals surface area contributed by atoms with E-state index in [1.807, 2.05) is 0 Å². The minimum Gasteiger partial charge on any atom is -0.466 e. The van der Waals surface area contributed by atoms with Crippen LogP contribution >= 0.6 is 0 Å². The molecular weight excluding hydrogens is 159 g/mol. The number of carbonyl (C=O) groups is 1. The Balaban J connectivity index is 2.49. The molecule has 1 rings (SSSR count). The molecule has 70 valence electrons. The number of alkyl halides is 1.